The minimum atomic E-state index is -0.839. The maximum Gasteiger partial charge on any atom is 0.404 e. The molecule has 0 aliphatic heterocycles. The summed E-state index contributed by atoms with van der Waals surface area (Å²) >= 11 is 11.9. The molecule has 100 valence electrons. The third-order valence-corrected chi connectivity index (χ3v) is 3.09. The van der Waals surface area contributed by atoms with Gasteiger partial charge in [0.25, 0.3) is 0 Å². The Labute approximate surface area is 116 Å². The molecule has 2 N–H and O–H groups in total. The quantitative estimate of drug-likeness (QED) is 0.902. The van der Waals surface area contributed by atoms with Crippen LogP contribution >= 0.6 is 23.2 Å². The van der Waals surface area contributed by atoms with Crippen LogP contribution in [0.5, 0.6) is 0 Å². The Bertz CT molecular complexity index is 426. The summed E-state index contributed by atoms with van der Waals surface area (Å²) in [4.78, 5) is 10.8. The molecule has 2 atom stereocenters. The lowest BCUT2D eigenvalue weighted by molar-refractivity contribution is -0.0226. The molecule has 1 aromatic carbocycles. The summed E-state index contributed by atoms with van der Waals surface area (Å²) < 4.78 is 10.4. The van der Waals surface area contributed by atoms with Crippen molar-refractivity contribution in [1.82, 2.24) is 0 Å². The lowest BCUT2D eigenvalue weighted by Crippen LogP contribution is -2.29. The topological polar surface area (TPSA) is 61.5 Å². The number of nitrogens with two attached hydrogens (primary N) is 1. The second-order valence-electron chi connectivity index (χ2n) is 3.71. The Hall–Kier alpha value is -0.970. The number of carbonyl (C=O) groups excluding carboxylic acids is 1. The fraction of sp³-hybridized carbons (Fsp3) is 0.417. The lowest BCUT2D eigenvalue weighted by Gasteiger charge is -2.25. The van der Waals surface area contributed by atoms with E-state index in [1.165, 1.54) is 7.11 Å². The number of rotatable bonds is 5. The Balaban J connectivity index is 3.03. The van der Waals surface area contributed by atoms with E-state index in [9.17, 15) is 4.79 Å². The predicted molar refractivity (Wildman–Crippen MR) is 71.0 cm³/mol. The summed E-state index contributed by atoms with van der Waals surface area (Å²) in [6, 6.07) is 5.05. The molecule has 0 fully saturated rings. The van der Waals surface area contributed by atoms with Crippen molar-refractivity contribution in [3.63, 3.8) is 0 Å². The first-order chi connectivity index (χ1) is 8.49. The monoisotopic (exact) mass is 291 g/mol. The molecule has 0 unspecified atom stereocenters. The van der Waals surface area contributed by atoms with Crippen molar-refractivity contribution >= 4 is 29.3 Å². The van der Waals surface area contributed by atoms with Crippen molar-refractivity contribution in [2.45, 2.75) is 25.6 Å². The molecular formula is C12H15Cl2NO3. The molecule has 0 spiro atoms. The minimum Gasteiger partial charge on any atom is -0.443 e. The van der Waals surface area contributed by atoms with Crippen LogP contribution in [0.1, 0.15) is 25.0 Å². The number of carbonyl (C=O) groups is 1. The fourth-order valence-electron chi connectivity index (χ4n) is 1.72. The van der Waals surface area contributed by atoms with Gasteiger partial charge in [0.2, 0.25) is 0 Å². The third-order valence-electron chi connectivity index (χ3n) is 2.53. The number of primary amides is 1. The molecule has 0 bridgehead atoms. The molecule has 18 heavy (non-hydrogen) atoms. The van der Waals surface area contributed by atoms with Gasteiger partial charge in [0.05, 0.1) is 0 Å². The number of methoxy groups -OCH3 is 1. The molecule has 0 aliphatic rings. The van der Waals surface area contributed by atoms with Crippen LogP contribution < -0.4 is 5.73 Å². The fourth-order valence-corrected chi connectivity index (χ4v) is 2.24. The molecule has 0 saturated heterocycles. The molecule has 0 heterocycles. The maximum absolute atomic E-state index is 10.8. The van der Waals surface area contributed by atoms with Crippen LogP contribution in [-0.2, 0) is 9.47 Å². The Morgan fingerprint density at radius 1 is 1.44 bits per heavy atom. The zero-order valence-electron chi connectivity index (χ0n) is 10.2. The van der Waals surface area contributed by atoms with Gasteiger partial charge in [0, 0.05) is 22.7 Å². The van der Waals surface area contributed by atoms with E-state index in [4.69, 9.17) is 38.4 Å². The van der Waals surface area contributed by atoms with Crippen LogP contribution in [0.2, 0.25) is 10.0 Å². The molecule has 1 rings (SSSR count). The number of hydrogen-bond acceptors (Lipinski definition) is 3. The van der Waals surface area contributed by atoms with Crippen molar-refractivity contribution < 1.29 is 14.3 Å². The van der Waals surface area contributed by atoms with E-state index in [1.54, 1.807) is 18.2 Å². The van der Waals surface area contributed by atoms with E-state index < -0.39 is 18.3 Å². The van der Waals surface area contributed by atoms with Gasteiger partial charge in [-0.15, -0.1) is 0 Å². The van der Waals surface area contributed by atoms with E-state index >= 15 is 0 Å². The third kappa shape index (κ3) is 3.77. The van der Waals surface area contributed by atoms with Gasteiger partial charge in [-0.3, -0.25) is 0 Å². The van der Waals surface area contributed by atoms with Gasteiger partial charge >= 0.3 is 6.09 Å². The molecule has 1 aromatic rings. The highest BCUT2D eigenvalue weighted by Crippen LogP contribution is 2.32. The zero-order chi connectivity index (χ0) is 13.7. The largest absolute Gasteiger partial charge is 0.443 e. The summed E-state index contributed by atoms with van der Waals surface area (Å²) in [6.07, 6.45) is -1.26. The first-order valence-corrected chi connectivity index (χ1v) is 6.19. The van der Waals surface area contributed by atoms with Gasteiger partial charge in [0.1, 0.15) is 12.2 Å². The van der Waals surface area contributed by atoms with Crippen LogP contribution in [0.25, 0.3) is 0 Å². The molecule has 0 aliphatic carbocycles. The molecule has 0 aromatic heterocycles. The standard InChI is InChI=1S/C12H15Cl2NO3/c1-3-10(18-12(15)16)11(17-2)8-5-4-7(13)6-9(8)14/h4-6,10-11H,3H2,1-2H3,(H2,15,16)/t10-,11-/m0/s1. The van der Waals surface area contributed by atoms with E-state index in [-0.39, 0.29) is 0 Å². The summed E-state index contributed by atoms with van der Waals surface area (Å²) in [7, 11) is 1.52. The molecule has 6 heteroatoms. The van der Waals surface area contributed by atoms with Crippen molar-refractivity contribution in [1.29, 1.82) is 0 Å². The number of benzene rings is 1. The summed E-state index contributed by atoms with van der Waals surface area (Å²) in [5.74, 6) is 0. The lowest BCUT2D eigenvalue weighted by atomic mass is 10.0. The van der Waals surface area contributed by atoms with Gasteiger partial charge in [0.15, 0.2) is 0 Å². The predicted octanol–water partition coefficient (Wildman–Crippen LogP) is 3.55. The average molecular weight is 292 g/mol. The van der Waals surface area contributed by atoms with Gasteiger partial charge in [-0.2, -0.15) is 0 Å². The van der Waals surface area contributed by atoms with Gasteiger partial charge in [-0.05, 0) is 18.6 Å². The minimum absolute atomic E-state index is 0.459. The van der Waals surface area contributed by atoms with Gasteiger partial charge in [-0.25, -0.2) is 4.79 Å². The second-order valence-corrected chi connectivity index (χ2v) is 4.55. The summed E-state index contributed by atoms with van der Waals surface area (Å²) in [6.45, 7) is 1.86. The molecule has 4 nitrogen and oxygen atoms in total. The van der Waals surface area contributed by atoms with Crippen LogP contribution in [0, 0.1) is 0 Å². The van der Waals surface area contributed by atoms with Crippen molar-refractivity contribution in [3.8, 4) is 0 Å². The maximum atomic E-state index is 10.8. The van der Waals surface area contributed by atoms with Crippen molar-refractivity contribution in [2.75, 3.05) is 7.11 Å². The Morgan fingerprint density at radius 2 is 2.11 bits per heavy atom. The highest BCUT2D eigenvalue weighted by Gasteiger charge is 2.26. The van der Waals surface area contributed by atoms with Crippen LogP contribution in [0.4, 0.5) is 4.79 Å². The van der Waals surface area contributed by atoms with Crippen molar-refractivity contribution in [3.05, 3.63) is 33.8 Å². The average Bonchev–Trinajstić information content (AvgIpc) is 2.30. The molecule has 0 radical (unpaired) electrons. The van der Waals surface area contributed by atoms with Crippen LogP contribution in [0.3, 0.4) is 0 Å². The summed E-state index contributed by atoms with van der Waals surface area (Å²) in [5.41, 5.74) is 5.74. The molecule has 0 saturated carbocycles. The second kappa shape index (κ2) is 6.83. The zero-order valence-corrected chi connectivity index (χ0v) is 11.7. The smallest absolute Gasteiger partial charge is 0.404 e. The van der Waals surface area contributed by atoms with Crippen molar-refractivity contribution in [2.24, 2.45) is 5.73 Å². The number of hydrogen-bond donors (Lipinski definition) is 1. The van der Waals surface area contributed by atoms with Gasteiger partial charge in [-0.1, -0.05) is 36.2 Å². The number of amides is 1. The first kappa shape index (κ1) is 15.1. The molecule has 1 amide bonds. The van der Waals surface area contributed by atoms with E-state index in [1.807, 2.05) is 6.92 Å². The van der Waals surface area contributed by atoms with Gasteiger partial charge < -0.3 is 15.2 Å². The van der Waals surface area contributed by atoms with E-state index in [0.717, 1.165) is 0 Å². The van der Waals surface area contributed by atoms with Crippen LogP contribution in [-0.4, -0.2) is 19.3 Å². The summed E-state index contributed by atoms with van der Waals surface area (Å²) in [5, 5.41) is 0.989. The van der Waals surface area contributed by atoms with E-state index in [0.29, 0.717) is 22.0 Å². The SMILES string of the molecule is CC[C@H](OC(N)=O)[C@@H](OC)c1ccc(Cl)cc1Cl. The van der Waals surface area contributed by atoms with Crippen LogP contribution in [0.15, 0.2) is 18.2 Å². The Morgan fingerprint density at radius 3 is 2.56 bits per heavy atom. The highest BCUT2D eigenvalue weighted by molar-refractivity contribution is 6.35. The number of halogens is 2. The Kier molecular flexibility index (Phi) is 5.72. The first-order valence-electron chi connectivity index (χ1n) is 5.43. The number of ether oxygens (including phenoxy) is 2. The van der Waals surface area contributed by atoms with E-state index in [2.05, 4.69) is 0 Å². The highest BCUT2D eigenvalue weighted by atomic mass is 35.5. The molecular weight excluding hydrogens is 277 g/mol. The normalized spacial score (nSPS) is 14.0.